The fraction of sp³-hybridized carbons (Fsp3) is 0.185. The van der Waals surface area contributed by atoms with Gasteiger partial charge < -0.3 is 14.8 Å². The van der Waals surface area contributed by atoms with Crippen LogP contribution in [0.15, 0.2) is 64.6 Å². The molecule has 0 aliphatic carbocycles. The Hall–Kier alpha value is -3.27. The largest absolute Gasteiger partial charge is 0.490 e. The first-order valence-electron chi connectivity index (χ1n) is 10.6. The Bertz CT molecular complexity index is 1240. The van der Waals surface area contributed by atoms with Crippen LogP contribution < -0.4 is 14.8 Å². The van der Waals surface area contributed by atoms with Gasteiger partial charge in [-0.25, -0.2) is 0 Å². The van der Waals surface area contributed by atoms with Gasteiger partial charge in [-0.05, 0) is 74.4 Å². The molecule has 0 aliphatic rings. The summed E-state index contributed by atoms with van der Waals surface area (Å²) in [5, 5.41) is 12.6. The van der Waals surface area contributed by atoms with Crippen LogP contribution in [0.5, 0.6) is 11.5 Å². The maximum absolute atomic E-state index is 12.6. The number of benzene rings is 3. The highest BCUT2D eigenvalue weighted by Gasteiger charge is 2.15. The summed E-state index contributed by atoms with van der Waals surface area (Å²) >= 11 is 9.88. The Morgan fingerprint density at radius 1 is 1.09 bits per heavy atom. The van der Waals surface area contributed by atoms with E-state index in [1.54, 1.807) is 36.4 Å². The molecule has 0 spiro atoms. The summed E-state index contributed by atoms with van der Waals surface area (Å²) in [5.41, 5.74) is 4.40. The molecule has 174 valence electrons. The molecule has 0 saturated heterocycles. The number of ether oxygens (including phenoxy) is 2. The van der Waals surface area contributed by atoms with Crippen molar-refractivity contribution in [2.45, 2.75) is 27.4 Å². The molecule has 0 aromatic heterocycles. The molecule has 5 nitrogen and oxygen atoms in total. The highest BCUT2D eigenvalue weighted by molar-refractivity contribution is 9.10. The molecule has 3 aromatic rings. The van der Waals surface area contributed by atoms with Crippen molar-refractivity contribution in [3.63, 3.8) is 0 Å². The minimum Gasteiger partial charge on any atom is -0.490 e. The highest BCUT2D eigenvalue weighted by Crippen LogP contribution is 2.38. The molecular weight excluding hydrogens is 516 g/mol. The summed E-state index contributed by atoms with van der Waals surface area (Å²) in [6.45, 7) is 6.66. The predicted octanol–water partition coefficient (Wildman–Crippen LogP) is 7.24. The van der Waals surface area contributed by atoms with Crippen molar-refractivity contribution in [3.8, 4) is 17.6 Å². The quantitative estimate of drug-likeness (QED) is 0.242. The van der Waals surface area contributed by atoms with Crippen LogP contribution >= 0.6 is 27.5 Å². The average Bonchev–Trinajstić information content (AvgIpc) is 2.78. The van der Waals surface area contributed by atoms with Gasteiger partial charge >= 0.3 is 0 Å². The zero-order valence-corrected chi connectivity index (χ0v) is 21.5. The van der Waals surface area contributed by atoms with Gasteiger partial charge in [-0.2, -0.15) is 5.26 Å². The van der Waals surface area contributed by atoms with Gasteiger partial charge in [-0.3, -0.25) is 4.79 Å². The summed E-state index contributed by atoms with van der Waals surface area (Å²) in [5.74, 6) is 0.336. The lowest BCUT2D eigenvalue weighted by atomic mass is 10.1. The van der Waals surface area contributed by atoms with Crippen LogP contribution in [0.1, 0.15) is 29.2 Å². The summed E-state index contributed by atoms with van der Waals surface area (Å²) in [7, 11) is 0. The second-order valence-corrected chi connectivity index (χ2v) is 9.00. The molecule has 1 N–H and O–H groups in total. The zero-order chi connectivity index (χ0) is 24.7. The lowest BCUT2D eigenvalue weighted by Crippen LogP contribution is -2.13. The standard InChI is InChI=1S/C27H24BrClN2O3/c1-4-33-25-14-19(12-21(15-30)27(32)31-23-7-5-22(28)6-8-23)13-24(29)26(25)34-16-20-10-17(2)9-18(3)11-20/h5-14H,4,16H2,1-3H3,(H,31,32)/b21-12+. The van der Waals surface area contributed by atoms with Gasteiger partial charge in [0.2, 0.25) is 0 Å². The van der Waals surface area contributed by atoms with Crippen LogP contribution in [0.2, 0.25) is 5.02 Å². The normalized spacial score (nSPS) is 11.0. The van der Waals surface area contributed by atoms with Crippen molar-refractivity contribution in [1.29, 1.82) is 5.26 Å². The Balaban J connectivity index is 1.85. The summed E-state index contributed by atoms with van der Waals surface area (Å²) in [6.07, 6.45) is 1.47. The molecule has 1 amide bonds. The lowest BCUT2D eigenvalue weighted by molar-refractivity contribution is -0.112. The number of halogens is 2. The molecule has 0 saturated carbocycles. The van der Waals surface area contributed by atoms with Crippen LogP contribution in [0, 0.1) is 25.2 Å². The lowest BCUT2D eigenvalue weighted by Gasteiger charge is -2.15. The number of hydrogen-bond donors (Lipinski definition) is 1. The van der Waals surface area contributed by atoms with Crippen molar-refractivity contribution < 1.29 is 14.3 Å². The van der Waals surface area contributed by atoms with E-state index < -0.39 is 5.91 Å². The van der Waals surface area contributed by atoms with Crippen LogP contribution in [0.4, 0.5) is 5.69 Å². The van der Waals surface area contributed by atoms with Gasteiger partial charge in [0.05, 0.1) is 11.6 Å². The van der Waals surface area contributed by atoms with Crippen molar-refractivity contribution in [1.82, 2.24) is 0 Å². The Kier molecular flexibility index (Phi) is 8.75. The molecule has 3 aromatic carbocycles. The van der Waals surface area contributed by atoms with Crippen LogP contribution in [-0.4, -0.2) is 12.5 Å². The first-order valence-corrected chi connectivity index (χ1v) is 11.8. The van der Waals surface area contributed by atoms with Gasteiger partial charge in [0.25, 0.3) is 5.91 Å². The molecule has 0 bridgehead atoms. The Labute approximate surface area is 213 Å². The number of nitrogens with zero attached hydrogens (tertiary/aromatic N) is 1. The monoisotopic (exact) mass is 538 g/mol. The minimum atomic E-state index is -0.519. The Morgan fingerprint density at radius 2 is 1.76 bits per heavy atom. The van der Waals surface area contributed by atoms with Crippen molar-refractivity contribution in [2.24, 2.45) is 0 Å². The van der Waals surface area contributed by atoms with E-state index in [-0.39, 0.29) is 5.57 Å². The van der Waals surface area contributed by atoms with Crippen molar-refractivity contribution >= 4 is 45.2 Å². The molecule has 0 fully saturated rings. The number of rotatable bonds is 8. The highest BCUT2D eigenvalue weighted by atomic mass is 79.9. The van der Waals surface area contributed by atoms with Gasteiger partial charge in [-0.15, -0.1) is 0 Å². The van der Waals surface area contributed by atoms with E-state index in [0.717, 1.165) is 21.2 Å². The second-order valence-electron chi connectivity index (χ2n) is 7.68. The van der Waals surface area contributed by atoms with E-state index in [1.807, 2.05) is 26.8 Å². The third kappa shape index (κ3) is 6.86. The van der Waals surface area contributed by atoms with E-state index in [1.165, 1.54) is 6.08 Å². The number of aryl methyl sites for hydroxylation is 2. The first kappa shape index (κ1) is 25.4. The second kappa shape index (κ2) is 11.7. The zero-order valence-electron chi connectivity index (χ0n) is 19.1. The van der Waals surface area contributed by atoms with Gasteiger partial charge in [0.1, 0.15) is 18.2 Å². The SMILES string of the molecule is CCOc1cc(/C=C(\C#N)C(=O)Nc2ccc(Br)cc2)cc(Cl)c1OCc1cc(C)cc(C)c1. The fourth-order valence-corrected chi connectivity index (χ4v) is 3.97. The third-order valence-electron chi connectivity index (χ3n) is 4.77. The van der Waals surface area contributed by atoms with Crippen LogP contribution in [-0.2, 0) is 11.4 Å². The number of anilines is 1. The molecule has 3 rings (SSSR count). The first-order chi connectivity index (χ1) is 16.3. The van der Waals surface area contributed by atoms with Gasteiger partial charge in [-0.1, -0.05) is 56.9 Å². The smallest absolute Gasteiger partial charge is 0.266 e. The topological polar surface area (TPSA) is 71.3 Å². The average molecular weight is 540 g/mol. The number of hydrogen-bond acceptors (Lipinski definition) is 4. The van der Waals surface area contributed by atoms with E-state index in [0.29, 0.717) is 41.0 Å². The number of amides is 1. The summed E-state index contributed by atoms with van der Waals surface area (Å²) in [4.78, 5) is 12.6. The summed E-state index contributed by atoms with van der Waals surface area (Å²) in [6, 6.07) is 18.6. The third-order valence-corrected chi connectivity index (χ3v) is 5.58. The maximum Gasteiger partial charge on any atom is 0.266 e. The van der Waals surface area contributed by atoms with E-state index >= 15 is 0 Å². The molecule has 0 radical (unpaired) electrons. The molecule has 34 heavy (non-hydrogen) atoms. The van der Waals surface area contributed by atoms with E-state index in [4.69, 9.17) is 21.1 Å². The van der Waals surface area contributed by atoms with Gasteiger partial charge in [0, 0.05) is 10.2 Å². The minimum absolute atomic E-state index is 0.0645. The molecule has 0 atom stereocenters. The molecule has 0 aliphatic heterocycles. The summed E-state index contributed by atoms with van der Waals surface area (Å²) < 4.78 is 12.7. The van der Waals surface area contributed by atoms with Gasteiger partial charge in [0.15, 0.2) is 11.5 Å². The molecular formula is C27H24BrClN2O3. The van der Waals surface area contributed by atoms with E-state index in [2.05, 4.69) is 39.4 Å². The number of carbonyl (C=O) groups excluding carboxylic acids is 1. The van der Waals surface area contributed by atoms with E-state index in [9.17, 15) is 10.1 Å². The predicted molar refractivity (Wildman–Crippen MR) is 139 cm³/mol. The molecule has 7 heteroatoms. The van der Waals surface area contributed by atoms with Crippen LogP contribution in [0.25, 0.3) is 6.08 Å². The maximum atomic E-state index is 12.6. The molecule has 0 heterocycles. The molecule has 0 unspecified atom stereocenters. The number of nitriles is 1. The number of carbonyl (C=O) groups is 1. The van der Waals surface area contributed by atoms with Crippen LogP contribution in [0.3, 0.4) is 0 Å². The van der Waals surface area contributed by atoms with Crippen molar-refractivity contribution in [2.75, 3.05) is 11.9 Å². The Morgan fingerprint density at radius 3 is 2.38 bits per heavy atom. The van der Waals surface area contributed by atoms with Crippen molar-refractivity contribution in [3.05, 3.63) is 91.9 Å². The fourth-order valence-electron chi connectivity index (χ4n) is 3.43. The number of nitrogens with one attached hydrogen (secondary N) is 1.